The normalized spacial score (nSPS) is 31.2. The summed E-state index contributed by atoms with van der Waals surface area (Å²) in [6, 6.07) is -1.01. The van der Waals surface area contributed by atoms with E-state index >= 15 is 0 Å². The average Bonchev–Trinajstić information content (AvgIpc) is 3.09. The van der Waals surface area contributed by atoms with Gasteiger partial charge in [0.1, 0.15) is 0 Å². The molecule has 1 amide bonds. The van der Waals surface area contributed by atoms with Gasteiger partial charge in [0.2, 0.25) is 5.91 Å². The number of nitrogens with one attached hydrogen (secondary N) is 1. The molecule has 2 fully saturated rings. The molecular formula is C16H21NO3. The molecule has 0 radical (unpaired) electrons. The van der Waals surface area contributed by atoms with Crippen LogP contribution in [0.15, 0.2) is 18.1 Å². The molecule has 1 saturated carbocycles. The van der Waals surface area contributed by atoms with Gasteiger partial charge in [-0.3, -0.25) is 4.79 Å². The van der Waals surface area contributed by atoms with Gasteiger partial charge in [-0.05, 0) is 43.3 Å². The van der Waals surface area contributed by atoms with E-state index in [-0.39, 0.29) is 41.6 Å². The minimum Gasteiger partial charge on any atom is -0.493 e. The number of hydrogen-bond donors (Lipinski definition) is 1. The molecule has 1 aliphatic heterocycles. The molecule has 1 saturated heterocycles. The second-order valence-corrected chi connectivity index (χ2v) is 4.95. The minimum absolute atomic E-state index is 0.0734. The zero-order valence-electron chi connectivity index (χ0n) is 17.3. The zero-order chi connectivity index (χ0) is 19.3. The summed E-state index contributed by atoms with van der Waals surface area (Å²) < 4.78 is 60.2. The lowest BCUT2D eigenvalue weighted by molar-refractivity contribution is -0.119. The molecular weight excluding hydrogens is 254 g/mol. The van der Waals surface area contributed by atoms with Crippen LogP contribution in [-0.2, 0) is 4.79 Å². The monoisotopic (exact) mass is 281 g/mol. The Labute approximate surface area is 127 Å². The molecule has 2 aliphatic rings. The third-order valence-corrected chi connectivity index (χ3v) is 3.50. The van der Waals surface area contributed by atoms with Gasteiger partial charge in [-0.25, -0.2) is 0 Å². The van der Waals surface area contributed by atoms with Crippen LogP contribution in [0.25, 0.3) is 0 Å². The zero-order valence-corrected chi connectivity index (χ0v) is 11.3. The maximum absolute atomic E-state index is 11.7. The van der Waals surface area contributed by atoms with E-state index in [0.717, 1.165) is 12.8 Å². The topological polar surface area (TPSA) is 47.6 Å². The van der Waals surface area contributed by atoms with Crippen molar-refractivity contribution in [2.24, 2.45) is 0 Å². The van der Waals surface area contributed by atoms with Gasteiger partial charge in [-0.15, -0.1) is 0 Å². The van der Waals surface area contributed by atoms with Crippen molar-refractivity contribution in [2.45, 2.75) is 44.1 Å². The number of carbonyl (C=O) groups is 1. The van der Waals surface area contributed by atoms with Crippen molar-refractivity contribution in [2.75, 3.05) is 13.6 Å². The largest absolute Gasteiger partial charge is 0.493 e. The first-order chi connectivity index (χ1) is 12.1. The van der Waals surface area contributed by atoms with Crippen LogP contribution in [0.5, 0.6) is 11.5 Å². The maximum atomic E-state index is 11.7. The highest BCUT2D eigenvalue weighted by atomic mass is 16.5. The van der Waals surface area contributed by atoms with Gasteiger partial charge in [0.15, 0.2) is 11.5 Å². The van der Waals surface area contributed by atoms with Crippen LogP contribution in [-0.4, -0.2) is 25.6 Å². The third-order valence-electron chi connectivity index (χ3n) is 3.50. The van der Waals surface area contributed by atoms with Crippen molar-refractivity contribution < 1.29 is 22.5 Å². The third kappa shape index (κ3) is 2.74. The first-order valence-electron chi connectivity index (χ1n) is 9.77. The smallest absolute Gasteiger partial charge is 0.220 e. The molecule has 1 N–H and O–H groups in total. The molecule has 3 rings (SSSR count). The number of hydrogen-bond acceptors (Lipinski definition) is 3. The van der Waals surface area contributed by atoms with Crippen molar-refractivity contribution in [3.63, 3.8) is 0 Å². The van der Waals surface area contributed by atoms with Crippen LogP contribution in [0, 0.1) is 0 Å². The Morgan fingerprint density at radius 2 is 2.20 bits per heavy atom. The summed E-state index contributed by atoms with van der Waals surface area (Å²) in [5.41, 5.74) is -0.0734. The SMILES string of the molecule is [2H]c1c([2H])c(C2CC(=O)NC2([2H])[2H])c([2H])c(OC2([2H])CCCC2)c1OC. The Morgan fingerprint density at radius 1 is 1.40 bits per heavy atom. The predicted molar refractivity (Wildman–Crippen MR) is 76.2 cm³/mol. The lowest BCUT2D eigenvalue weighted by atomic mass is 9.98. The van der Waals surface area contributed by atoms with Crippen LogP contribution < -0.4 is 14.8 Å². The highest BCUT2D eigenvalue weighted by molar-refractivity contribution is 5.79. The average molecular weight is 281 g/mol. The van der Waals surface area contributed by atoms with Crippen molar-refractivity contribution >= 4 is 5.91 Å². The van der Waals surface area contributed by atoms with E-state index in [1.165, 1.54) is 7.11 Å². The van der Waals surface area contributed by atoms with Crippen LogP contribution in [0.1, 0.15) is 51.8 Å². The Hall–Kier alpha value is -1.71. The van der Waals surface area contributed by atoms with E-state index in [2.05, 4.69) is 5.32 Å². The van der Waals surface area contributed by atoms with Crippen molar-refractivity contribution in [1.29, 1.82) is 0 Å². The molecule has 1 unspecified atom stereocenters. The molecule has 0 aromatic heterocycles. The van der Waals surface area contributed by atoms with Gasteiger partial charge in [0, 0.05) is 21.6 Å². The second kappa shape index (κ2) is 5.73. The van der Waals surface area contributed by atoms with E-state index in [1.807, 2.05) is 0 Å². The van der Waals surface area contributed by atoms with Gasteiger partial charge >= 0.3 is 0 Å². The Morgan fingerprint density at radius 3 is 2.85 bits per heavy atom. The quantitative estimate of drug-likeness (QED) is 0.923. The van der Waals surface area contributed by atoms with Gasteiger partial charge < -0.3 is 14.8 Å². The van der Waals surface area contributed by atoms with Gasteiger partial charge in [0.25, 0.3) is 0 Å². The summed E-state index contributed by atoms with van der Waals surface area (Å²) in [4.78, 5) is 11.7. The van der Waals surface area contributed by atoms with E-state index in [1.54, 1.807) is 0 Å². The second-order valence-electron chi connectivity index (χ2n) is 4.95. The van der Waals surface area contributed by atoms with Crippen LogP contribution >= 0.6 is 0 Å². The van der Waals surface area contributed by atoms with Crippen LogP contribution in [0.3, 0.4) is 0 Å². The summed E-state index contributed by atoms with van der Waals surface area (Å²) in [5.74, 6) is -1.84. The number of rotatable bonds is 4. The van der Waals surface area contributed by atoms with Gasteiger partial charge in [-0.1, -0.05) is 6.04 Å². The molecule has 1 aliphatic carbocycles. The van der Waals surface area contributed by atoms with Gasteiger partial charge in [-0.2, -0.15) is 0 Å². The summed E-state index contributed by atoms with van der Waals surface area (Å²) in [6.45, 7) is -2.13. The fraction of sp³-hybridized carbons (Fsp3) is 0.562. The first kappa shape index (κ1) is 7.91. The minimum atomic E-state index is -2.13. The highest BCUT2D eigenvalue weighted by Gasteiger charge is 2.25. The fourth-order valence-corrected chi connectivity index (χ4v) is 2.43. The Kier molecular flexibility index (Phi) is 2.27. The fourth-order valence-electron chi connectivity index (χ4n) is 2.43. The van der Waals surface area contributed by atoms with Crippen molar-refractivity contribution in [1.82, 2.24) is 5.32 Å². The summed E-state index contributed by atoms with van der Waals surface area (Å²) >= 11 is 0. The number of amides is 1. The molecule has 4 heteroatoms. The molecule has 108 valence electrons. The van der Waals surface area contributed by atoms with Crippen molar-refractivity contribution in [3.05, 3.63) is 23.7 Å². The molecule has 0 spiro atoms. The molecule has 1 atom stereocenters. The predicted octanol–water partition coefficient (Wildman–Crippen LogP) is 2.62. The maximum Gasteiger partial charge on any atom is 0.220 e. The van der Waals surface area contributed by atoms with E-state index in [9.17, 15) is 4.79 Å². The van der Waals surface area contributed by atoms with E-state index in [0.29, 0.717) is 12.8 Å². The standard InChI is InChI=1S/C16H21NO3/c1-19-14-7-6-11(12-9-16(18)17-10-12)8-15(14)20-13-4-2-3-5-13/h6-8,12-13H,2-5,9-10H2,1H3,(H,17,18)/i6D,7D,8D,10D2,13D. The lowest BCUT2D eigenvalue weighted by Crippen LogP contribution is -2.14. The van der Waals surface area contributed by atoms with Gasteiger partial charge in [0.05, 0.1) is 18.7 Å². The molecule has 1 aromatic carbocycles. The number of methoxy groups -OCH3 is 1. The van der Waals surface area contributed by atoms with E-state index in [4.69, 9.17) is 17.7 Å². The molecule has 1 heterocycles. The lowest BCUT2D eigenvalue weighted by Gasteiger charge is -2.18. The number of ether oxygens (including phenoxy) is 2. The Bertz CT molecular complexity index is 748. The van der Waals surface area contributed by atoms with Crippen molar-refractivity contribution in [3.8, 4) is 11.5 Å². The number of carbonyl (C=O) groups excluding carboxylic acids is 1. The van der Waals surface area contributed by atoms with Crippen LogP contribution in [0.2, 0.25) is 0 Å². The molecule has 4 nitrogen and oxygen atoms in total. The summed E-state index contributed by atoms with van der Waals surface area (Å²) in [5, 5.41) is 2.20. The first-order valence-corrected chi connectivity index (χ1v) is 6.77. The highest BCUT2D eigenvalue weighted by Crippen LogP contribution is 2.35. The Balaban J connectivity index is 2.15. The molecule has 0 bridgehead atoms. The molecule has 1 aromatic rings. The summed E-state index contributed by atoms with van der Waals surface area (Å²) in [7, 11) is 1.30. The van der Waals surface area contributed by atoms with Crippen LogP contribution in [0.4, 0.5) is 0 Å². The number of benzene rings is 1. The molecule has 20 heavy (non-hydrogen) atoms. The summed E-state index contributed by atoms with van der Waals surface area (Å²) in [6.07, 6.45) is 1.14. The van der Waals surface area contributed by atoms with E-state index < -0.39 is 24.4 Å².